The van der Waals surface area contributed by atoms with E-state index in [0.29, 0.717) is 39.6 Å². The van der Waals surface area contributed by atoms with Crippen LogP contribution in [-0.4, -0.2) is 12.5 Å². The van der Waals surface area contributed by atoms with Crippen LogP contribution in [0.4, 0.5) is 5.69 Å². The number of nitrogens with zero attached hydrogens (tertiary/aromatic N) is 1. The summed E-state index contributed by atoms with van der Waals surface area (Å²) >= 11 is 6.14. The summed E-state index contributed by atoms with van der Waals surface area (Å²) < 4.78 is 11.6. The first-order chi connectivity index (χ1) is 16.0. The molecule has 0 bridgehead atoms. The minimum atomic E-state index is -0.650. The van der Waals surface area contributed by atoms with Crippen molar-refractivity contribution in [2.45, 2.75) is 13.0 Å². The molecule has 1 aliphatic rings. The topological polar surface area (TPSA) is 59.8 Å². The molecular weight excluding hydrogens is 438 g/mol. The van der Waals surface area contributed by atoms with Gasteiger partial charge in [-0.05, 0) is 55.0 Å². The fourth-order valence-electron chi connectivity index (χ4n) is 4.13. The van der Waals surface area contributed by atoms with Crippen molar-refractivity contribution >= 4 is 34.2 Å². The van der Waals surface area contributed by atoms with Crippen LogP contribution < -0.4 is 15.1 Å². The maximum absolute atomic E-state index is 13.6. The zero-order valence-corrected chi connectivity index (χ0v) is 18.6. The molecule has 1 amide bonds. The fourth-order valence-corrected chi connectivity index (χ4v) is 4.31. The van der Waals surface area contributed by atoms with Crippen molar-refractivity contribution in [1.29, 1.82) is 0 Å². The lowest BCUT2D eigenvalue weighted by Gasteiger charge is -2.25. The molecular formula is C27H20ClNO4. The van der Waals surface area contributed by atoms with Crippen LogP contribution in [0.15, 0.2) is 88.6 Å². The molecule has 0 fully saturated rings. The lowest BCUT2D eigenvalue weighted by Crippen LogP contribution is -2.29. The summed E-state index contributed by atoms with van der Waals surface area (Å²) in [5.41, 5.74) is 2.87. The van der Waals surface area contributed by atoms with Gasteiger partial charge in [-0.25, -0.2) is 0 Å². The molecule has 164 valence electrons. The molecule has 0 N–H and O–H groups in total. The Kier molecular flexibility index (Phi) is 5.27. The molecule has 5 nitrogen and oxygen atoms in total. The Morgan fingerprint density at radius 3 is 2.48 bits per heavy atom. The Hall–Kier alpha value is -3.83. The first kappa shape index (κ1) is 21.0. The molecule has 0 aliphatic carbocycles. The number of benzene rings is 3. The van der Waals surface area contributed by atoms with E-state index in [4.69, 9.17) is 20.8 Å². The molecule has 3 aromatic carbocycles. The largest absolute Gasteiger partial charge is 0.490 e. The van der Waals surface area contributed by atoms with E-state index in [0.717, 1.165) is 11.1 Å². The smallest absolute Gasteiger partial charge is 0.295 e. The maximum Gasteiger partial charge on any atom is 0.295 e. The zero-order chi connectivity index (χ0) is 23.1. The number of hydrogen-bond donors (Lipinski definition) is 0. The summed E-state index contributed by atoms with van der Waals surface area (Å²) in [6, 6.07) is 19.1. The SMILES string of the molecule is C=CCOc1ccc(C2c3c(oc4ccc(Cl)cc4c3=O)C(=O)N2c2ccc(C)cc2)cc1. The molecule has 6 heteroatoms. The van der Waals surface area contributed by atoms with Gasteiger partial charge in [-0.15, -0.1) is 0 Å². The molecule has 1 unspecified atom stereocenters. The standard InChI is InChI=1S/C27H20ClNO4/c1-3-14-32-20-11-6-17(7-12-20)24-23-25(30)21-15-18(28)8-13-22(21)33-26(23)27(31)29(24)19-9-4-16(2)5-10-19/h3-13,15,24H,1,14H2,2H3. The van der Waals surface area contributed by atoms with Crippen molar-refractivity contribution in [1.82, 2.24) is 0 Å². The van der Waals surface area contributed by atoms with Crippen molar-refractivity contribution in [3.05, 3.63) is 117 Å². The average molecular weight is 458 g/mol. The van der Waals surface area contributed by atoms with Crippen LogP contribution in [0.3, 0.4) is 0 Å². The van der Waals surface area contributed by atoms with Crippen LogP contribution in [-0.2, 0) is 0 Å². The number of rotatable bonds is 5. The highest BCUT2D eigenvalue weighted by Crippen LogP contribution is 2.41. The normalized spacial score (nSPS) is 15.0. The van der Waals surface area contributed by atoms with Gasteiger partial charge in [0.15, 0.2) is 5.43 Å². The van der Waals surface area contributed by atoms with E-state index in [-0.39, 0.29) is 17.1 Å². The van der Waals surface area contributed by atoms with E-state index in [9.17, 15) is 9.59 Å². The minimum Gasteiger partial charge on any atom is -0.490 e. The Labute approximate surface area is 195 Å². The average Bonchev–Trinajstić information content (AvgIpc) is 3.11. The van der Waals surface area contributed by atoms with Crippen molar-refractivity contribution in [3.63, 3.8) is 0 Å². The third-order valence-electron chi connectivity index (χ3n) is 5.71. The van der Waals surface area contributed by atoms with Crippen LogP contribution in [0.25, 0.3) is 11.0 Å². The lowest BCUT2D eigenvalue weighted by atomic mass is 9.98. The van der Waals surface area contributed by atoms with E-state index in [2.05, 4.69) is 6.58 Å². The Bertz CT molecular complexity index is 1440. The van der Waals surface area contributed by atoms with Gasteiger partial charge < -0.3 is 9.15 Å². The minimum absolute atomic E-state index is 0.0485. The van der Waals surface area contributed by atoms with Gasteiger partial charge in [-0.3, -0.25) is 14.5 Å². The van der Waals surface area contributed by atoms with E-state index < -0.39 is 6.04 Å². The Morgan fingerprint density at radius 1 is 1.06 bits per heavy atom. The molecule has 4 aromatic rings. The van der Waals surface area contributed by atoms with E-state index in [1.807, 2.05) is 55.5 Å². The van der Waals surface area contributed by atoms with Gasteiger partial charge in [0.05, 0.1) is 17.0 Å². The van der Waals surface area contributed by atoms with Gasteiger partial charge in [0.2, 0.25) is 5.76 Å². The monoisotopic (exact) mass is 457 g/mol. The second-order valence-corrected chi connectivity index (χ2v) is 8.33. The lowest BCUT2D eigenvalue weighted by molar-refractivity contribution is 0.0971. The van der Waals surface area contributed by atoms with Crippen LogP contribution >= 0.6 is 11.6 Å². The number of carbonyl (C=O) groups is 1. The molecule has 1 aromatic heterocycles. The molecule has 2 heterocycles. The first-order valence-corrected chi connectivity index (χ1v) is 10.9. The van der Waals surface area contributed by atoms with E-state index in [1.54, 1.807) is 29.2 Å². The summed E-state index contributed by atoms with van der Waals surface area (Å²) in [6.45, 7) is 6.02. The fraction of sp³-hybridized carbons (Fsp3) is 0.111. The number of aryl methyl sites for hydroxylation is 1. The number of anilines is 1. The van der Waals surface area contributed by atoms with Crippen molar-refractivity contribution in [2.24, 2.45) is 0 Å². The highest BCUT2D eigenvalue weighted by molar-refractivity contribution is 6.31. The van der Waals surface area contributed by atoms with Crippen molar-refractivity contribution in [3.8, 4) is 5.75 Å². The predicted octanol–water partition coefficient (Wildman–Crippen LogP) is 6.07. The van der Waals surface area contributed by atoms with Gasteiger partial charge in [-0.1, -0.05) is 54.1 Å². The highest BCUT2D eigenvalue weighted by Gasteiger charge is 2.43. The number of amides is 1. The van der Waals surface area contributed by atoms with Crippen LogP contribution in [0, 0.1) is 6.92 Å². The van der Waals surface area contributed by atoms with E-state index >= 15 is 0 Å². The quantitative estimate of drug-likeness (QED) is 0.341. The van der Waals surface area contributed by atoms with Gasteiger partial charge in [0.1, 0.15) is 17.9 Å². The molecule has 1 aliphatic heterocycles. The molecule has 5 rings (SSSR count). The first-order valence-electron chi connectivity index (χ1n) is 10.5. The van der Waals surface area contributed by atoms with Gasteiger partial charge in [0, 0.05) is 10.7 Å². The summed E-state index contributed by atoms with van der Waals surface area (Å²) in [6.07, 6.45) is 1.67. The van der Waals surface area contributed by atoms with Crippen LogP contribution in [0.5, 0.6) is 5.75 Å². The van der Waals surface area contributed by atoms with Gasteiger partial charge in [-0.2, -0.15) is 0 Å². The molecule has 0 saturated carbocycles. The molecule has 0 radical (unpaired) electrons. The number of halogens is 1. The summed E-state index contributed by atoms with van der Waals surface area (Å²) in [5.74, 6) is 0.356. The summed E-state index contributed by atoms with van der Waals surface area (Å²) in [5, 5.41) is 0.769. The third-order valence-corrected chi connectivity index (χ3v) is 5.94. The van der Waals surface area contributed by atoms with E-state index in [1.165, 1.54) is 0 Å². The molecule has 1 atom stereocenters. The highest BCUT2D eigenvalue weighted by atomic mass is 35.5. The second kappa shape index (κ2) is 8.26. The third kappa shape index (κ3) is 3.60. The van der Waals surface area contributed by atoms with Gasteiger partial charge >= 0.3 is 0 Å². The van der Waals surface area contributed by atoms with Crippen LogP contribution in [0.1, 0.15) is 33.3 Å². The molecule has 33 heavy (non-hydrogen) atoms. The number of hydrogen-bond acceptors (Lipinski definition) is 4. The predicted molar refractivity (Wildman–Crippen MR) is 129 cm³/mol. The van der Waals surface area contributed by atoms with Gasteiger partial charge in [0.25, 0.3) is 5.91 Å². The van der Waals surface area contributed by atoms with Crippen LogP contribution in [0.2, 0.25) is 5.02 Å². The maximum atomic E-state index is 13.6. The number of carbonyl (C=O) groups excluding carboxylic acids is 1. The molecule has 0 saturated heterocycles. The Balaban J connectivity index is 1.72. The second-order valence-electron chi connectivity index (χ2n) is 7.90. The number of fused-ring (bicyclic) bond motifs is 2. The summed E-state index contributed by atoms with van der Waals surface area (Å²) in [4.78, 5) is 28.8. The number of ether oxygens (including phenoxy) is 1. The summed E-state index contributed by atoms with van der Waals surface area (Å²) in [7, 11) is 0. The molecule has 0 spiro atoms. The van der Waals surface area contributed by atoms with Crippen molar-refractivity contribution < 1.29 is 13.9 Å². The van der Waals surface area contributed by atoms with Crippen molar-refractivity contribution in [2.75, 3.05) is 11.5 Å². The zero-order valence-electron chi connectivity index (χ0n) is 17.9. The Morgan fingerprint density at radius 2 is 1.79 bits per heavy atom.